The SMILES string of the molecule is CCCCCN1CC=C[C@]23O[C@]4(C)C=CCN(c5ccccc5)C(=O)[C@@H]4[C@H]2C(=O)N([C@@H](CO)CC(C)C)C3C1=O. The number of hydrogen-bond donors (Lipinski definition) is 1. The van der Waals surface area contributed by atoms with Crippen molar-refractivity contribution in [3.05, 3.63) is 54.6 Å². The first kappa shape index (κ1) is 28.6. The Morgan fingerprint density at radius 2 is 1.70 bits per heavy atom. The number of nitrogens with zero attached hydrogens (tertiary/aromatic N) is 3. The number of anilines is 1. The van der Waals surface area contributed by atoms with Crippen molar-refractivity contribution in [3.8, 4) is 0 Å². The van der Waals surface area contributed by atoms with Crippen LogP contribution in [-0.2, 0) is 19.1 Å². The lowest BCUT2D eigenvalue weighted by Crippen LogP contribution is -2.59. The number of hydrogen-bond acceptors (Lipinski definition) is 5. The van der Waals surface area contributed by atoms with Crippen molar-refractivity contribution in [2.24, 2.45) is 17.8 Å². The summed E-state index contributed by atoms with van der Waals surface area (Å²) in [7, 11) is 0. The minimum absolute atomic E-state index is 0.171. The van der Waals surface area contributed by atoms with Gasteiger partial charge in [-0.1, -0.05) is 76.1 Å². The fourth-order valence-electron chi connectivity index (χ4n) is 7.31. The first-order valence-electron chi connectivity index (χ1n) is 14.8. The quantitative estimate of drug-likeness (QED) is 0.376. The van der Waals surface area contributed by atoms with Crippen LogP contribution in [0.15, 0.2) is 54.6 Å². The molecule has 0 aliphatic carbocycles. The predicted octanol–water partition coefficient (Wildman–Crippen LogP) is 3.56. The highest BCUT2D eigenvalue weighted by atomic mass is 16.5. The van der Waals surface area contributed by atoms with Crippen molar-refractivity contribution in [2.75, 3.05) is 31.1 Å². The zero-order valence-corrected chi connectivity index (χ0v) is 24.2. The van der Waals surface area contributed by atoms with Crippen LogP contribution in [-0.4, -0.2) is 82.2 Å². The van der Waals surface area contributed by atoms with Crippen LogP contribution in [0.1, 0.15) is 53.4 Å². The van der Waals surface area contributed by atoms with Gasteiger partial charge in [0.15, 0.2) is 0 Å². The topological polar surface area (TPSA) is 90.4 Å². The van der Waals surface area contributed by atoms with Crippen LogP contribution in [0, 0.1) is 17.8 Å². The van der Waals surface area contributed by atoms with Crippen LogP contribution in [0.3, 0.4) is 0 Å². The van der Waals surface area contributed by atoms with E-state index in [4.69, 9.17) is 4.74 Å². The van der Waals surface area contributed by atoms with E-state index in [0.717, 1.165) is 24.9 Å². The van der Waals surface area contributed by atoms with Gasteiger partial charge in [0.1, 0.15) is 11.6 Å². The first-order chi connectivity index (χ1) is 19.2. The third-order valence-corrected chi connectivity index (χ3v) is 9.03. The van der Waals surface area contributed by atoms with Gasteiger partial charge in [0.25, 0.3) is 0 Å². The normalized spacial score (nSPS) is 32.3. The Kier molecular flexibility index (Phi) is 7.94. The average molecular weight is 550 g/mol. The first-order valence-corrected chi connectivity index (χ1v) is 14.8. The van der Waals surface area contributed by atoms with E-state index in [1.807, 2.05) is 80.3 Å². The van der Waals surface area contributed by atoms with Gasteiger partial charge in [0, 0.05) is 25.3 Å². The van der Waals surface area contributed by atoms with Crippen LogP contribution in [0.2, 0.25) is 0 Å². The van der Waals surface area contributed by atoms with E-state index in [1.54, 1.807) is 9.80 Å². The molecule has 1 unspecified atom stereocenters. The number of unbranched alkanes of at least 4 members (excludes halogenated alkanes) is 2. The van der Waals surface area contributed by atoms with E-state index >= 15 is 0 Å². The molecule has 8 nitrogen and oxygen atoms in total. The van der Waals surface area contributed by atoms with Crippen LogP contribution in [0.5, 0.6) is 0 Å². The molecule has 0 radical (unpaired) electrons. The highest BCUT2D eigenvalue weighted by molar-refractivity contribution is 6.04. The molecular weight excluding hydrogens is 506 g/mol. The number of rotatable bonds is 9. The molecule has 0 saturated carbocycles. The van der Waals surface area contributed by atoms with E-state index in [1.165, 1.54) is 0 Å². The minimum Gasteiger partial charge on any atom is -0.394 e. The third-order valence-electron chi connectivity index (χ3n) is 9.03. The fourth-order valence-corrected chi connectivity index (χ4v) is 7.31. The highest BCUT2D eigenvalue weighted by Gasteiger charge is 2.75. The van der Waals surface area contributed by atoms with Crippen LogP contribution in [0.25, 0.3) is 0 Å². The molecule has 0 bridgehead atoms. The fraction of sp³-hybridized carbons (Fsp3) is 0.594. The summed E-state index contributed by atoms with van der Waals surface area (Å²) in [6.45, 7) is 9.18. The Balaban J connectivity index is 1.62. The summed E-state index contributed by atoms with van der Waals surface area (Å²) in [5.41, 5.74) is -1.62. The van der Waals surface area contributed by atoms with Crippen molar-refractivity contribution < 1.29 is 24.2 Å². The van der Waals surface area contributed by atoms with Crippen LogP contribution < -0.4 is 4.90 Å². The molecule has 0 aromatic heterocycles. The molecule has 8 heteroatoms. The third kappa shape index (κ3) is 4.59. The maximum absolute atomic E-state index is 14.6. The number of aliphatic hydroxyl groups is 1. The number of amides is 3. The minimum atomic E-state index is -1.31. The molecule has 1 spiro atoms. The summed E-state index contributed by atoms with van der Waals surface area (Å²) >= 11 is 0. The number of fused-ring (bicyclic) bond motifs is 2. The zero-order chi connectivity index (χ0) is 28.7. The summed E-state index contributed by atoms with van der Waals surface area (Å²) in [5, 5.41) is 10.5. The summed E-state index contributed by atoms with van der Waals surface area (Å²) < 4.78 is 6.91. The molecule has 4 aliphatic heterocycles. The molecular formula is C32H43N3O5. The summed E-state index contributed by atoms with van der Waals surface area (Å²) in [4.78, 5) is 48.5. The van der Waals surface area contributed by atoms with E-state index in [9.17, 15) is 19.5 Å². The highest BCUT2D eigenvalue weighted by Crippen LogP contribution is 2.58. The number of aliphatic hydroxyl groups excluding tert-OH is 1. The Hall–Kier alpha value is -2.97. The van der Waals surface area contributed by atoms with Gasteiger partial charge in [-0.15, -0.1) is 0 Å². The number of benzene rings is 1. The van der Waals surface area contributed by atoms with Gasteiger partial charge in [-0.3, -0.25) is 14.4 Å². The molecule has 2 fully saturated rings. The van der Waals surface area contributed by atoms with Crippen LogP contribution >= 0.6 is 0 Å². The number of ether oxygens (including phenoxy) is 1. The number of carbonyl (C=O) groups is 3. The molecule has 1 aromatic carbocycles. The van der Waals surface area contributed by atoms with Crippen molar-refractivity contribution >= 4 is 23.4 Å². The maximum atomic E-state index is 14.6. The number of carbonyl (C=O) groups excluding carboxylic acids is 3. The second-order valence-electron chi connectivity index (χ2n) is 12.3. The molecule has 6 atom stereocenters. The van der Waals surface area contributed by atoms with E-state index in [-0.39, 0.29) is 30.2 Å². The van der Waals surface area contributed by atoms with Crippen molar-refractivity contribution in [3.63, 3.8) is 0 Å². The molecule has 4 aliphatic rings. The average Bonchev–Trinajstić information content (AvgIpc) is 3.21. The Bertz CT molecular complexity index is 1180. The molecule has 4 heterocycles. The second kappa shape index (κ2) is 11.1. The molecule has 1 aromatic rings. The molecule has 2 saturated heterocycles. The van der Waals surface area contributed by atoms with E-state index in [0.29, 0.717) is 26.1 Å². The monoisotopic (exact) mass is 549 g/mol. The van der Waals surface area contributed by atoms with E-state index < -0.39 is 35.1 Å². The van der Waals surface area contributed by atoms with Crippen molar-refractivity contribution in [1.29, 1.82) is 0 Å². The van der Waals surface area contributed by atoms with Gasteiger partial charge in [0.05, 0.1) is 30.1 Å². The van der Waals surface area contributed by atoms with Gasteiger partial charge < -0.3 is 24.5 Å². The summed E-state index contributed by atoms with van der Waals surface area (Å²) in [6.07, 6.45) is 11.1. The molecule has 1 N–H and O–H groups in total. The Morgan fingerprint density at radius 1 is 0.975 bits per heavy atom. The van der Waals surface area contributed by atoms with Gasteiger partial charge in [-0.2, -0.15) is 0 Å². The van der Waals surface area contributed by atoms with Crippen molar-refractivity contribution in [1.82, 2.24) is 9.80 Å². The predicted molar refractivity (Wildman–Crippen MR) is 153 cm³/mol. The second-order valence-corrected chi connectivity index (χ2v) is 12.3. The lowest BCUT2D eigenvalue weighted by atomic mass is 9.74. The number of para-hydroxylation sites is 1. The smallest absolute Gasteiger partial charge is 0.249 e. The zero-order valence-electron chi connectivity index (χ0n) is 24.2. The Morgan fingerprint density at radius 3 is 2.38 bits per heavy atom. The standard InChI is InChI=1S/C32H43N3O5/c1-5-6-10-17-33-18-12-16-32-26(29(38)35(27(32)30(33)39)24(21-36)20-22(2)3)25-28(37)34(23-13-8-7-9-14-23)19-11-15-31(25,4)40-32/h7-9,11-16,22,24-27,36H,5-6,10,17-21H2,1-4H3/t24-,25+,26+,27?,31-,32+/m1/s1. The Labute approximate surface area is 237 Å². The molecule has 3 amide bonds. The van der Waals surface area contributed by atoms with Gasteiger partial charge in [-0.05, 0) is 37.8 Å². The lowest BCUT2D eigenvalue weighted by molar-refractivity contribution is -0.154. The molecule has 40 heavy (non-hydrogen) atoms. The van der Waals surface area contributed by atoms with E-state index in [2.05, 4.69) is 6.92 Å². The lowest BCUT2D eigenvalue weighted by Gasteiger charge is -2.40. The number of likely N-dealkylation sites (tertiary alicyclic amines) is 1. The summed E-state index contributed by atoms with van der Waals surface area (Å²) in [6, 6.07) is 7.96. The van der Waals surface area contributed by atoms with Crippen LogP contribution in [0.4, 0.5) is 5.69 Å². The molecule has 216 valence electrons. The van der Waals surface area contributed by atoms with Gasteiger partial charge in [-0.25, -0.2) is 0 Å². The summed E-state index contributed by atoms with van der Waals surface area (Å²) in [5.74, 6) is -2.17. The molecule has 5 rings (SSSR count). The van der Waals surface area contributed by atoms with Gasteiger partial charge >= 0.3 is 0 Å². The van der Waals surface area contributed by atoms with Crippen molar-refractivity contribution in [2.45, 2.75) is 76.7 Å². The largest absolute Gasteiger partial charge is 0.394 e. The maximum Gasteiger partial charge on any atom is 0.249 e. The van der Waals surface area contributed by atoms with Gasteiger partial charge in [0.2, 0.25) is 17.7 Å².